The van der Waals surface area contributed by atoms with E-state index in [2.05, 4.69) is 34.0 Å². The molecule has 136 valence electrons. The molecule has 0 atom stereocenters. The van der Waals surface area contributed by atoms with Crippen LogP contribution in [0.3, 0.4) is 0 Å². The Hall–Kier alpha value is -2.03. The predicted octanol–water partition coefficient (Wildman–Crippen LogP) is 3.74. The van der Waals surface area contributed by atoms with Crippen molar-refractivity contribution in [3.8, 4) is 0 Å². The van der Waals surface area contributed by atoms with E-state index in [4.69, 9.17) is 0 Å². The first-order valence-electron chi connectivity index (χ1n) is 8.57. The topological polar surface area (TPSA) is 78.4 Å². The molecule has 0 radical (unpaired) electrons. The molecule has 3 aromatic rings. The number of carbonyl (C=O) groups is 1. The highest BCUT2D eigenvalue weighted by Crippen LogP contribution is 2.37. The summed E-state index contributed by atoms with van der Waals surface area (Å²) in [5.74, 6) is 0.591. The quantitative estimate of drug-likeness (QED) is 0.696. The van der Waals surface area contributed by atoms with Crippen molar-refractivity contribution in [1.29, 1.82) is 0 Å². The average molecular weight is 389 g/mol. The molecule has 26 heavy (non-hydrogen) atoms. The molecule has 0 bridgehead atoms. The largest absolute Gasteiger partial charge is 0.393 e. The molecule has 3 heterocycles. The number of aromatic nitrogens is 2. The molecule has 0 aromatic carbocycles. The summed E-state index contributed by atoms with van der Waals surface area (Å²) in [6.07, 6.45) is 2.85. The number of thiazole rings is 1. The van der Waals surface area contributed by atoms with Gasteiger partial charge in [-0.2, -0.15) is 0 Å². The number of fused-ring (bicyclic) bond motifs is 1. The number of pyridine rings is 1. The van der Waals surface area contributed by atoms with Crippen molar-refractivity contribution in [3.05, 3.63) is 34.8 Å². The summed E-state index contributed by atoms with van der Waals surface area (Å²) >= 11 is 2.97. The highest BCUT2D eigenvalue weighted by atomic mass is 32.1. The Bertz CT molecular complexity index is 930. The average Bonchev–Trinajstić information content (AvgIpc) is 3.22. The van der Waals surface area contributed by atoms with Crippen LogP contribution in [-0.4, -0.2) is 39.2 Å². The summed E-state index contributed by atoms with van der Waals surface area (Å²) in [6, 6.07) is 4.31. The lowest BCUT2D eigenvalue weighted by atomic mass is 9.87. The van der Waals surface area contributed by atoms with Gasteiger partial charge in [-0.15, -0.1) is 22.7 Å². The molecule has 8 heteroatoms. The number of thiophene rings is 1. The Morgan fingerprint density at radius 1 is 1.35 bits per heavy atom. The van der Waals surface area contributed by atoms with Gasteiger partial charge in [0.05, 0.1) is 17.2 Å². The van der Waals surface area contributed by atoms with Crippen LogP contribution in [0, 0.1) is 0 Å². The summed E-state index contributed by atoms with van der Waals surface area (Å²) in [7, 11) is 0. The van der Waals surface area contributed by atoms with Gasteiger partial charge >= 0.3 is 0 Å². The molecule has 0 aliphatic heterocycles. The number of aliphatic hydroxyl groups excluding tert-OH is 1. The molecule has 4 rings (SSSR count). The maximum atomic E-state index is 12.7. The van der Waals surface area contributed by atoms with E-state index in [1.54, 1.807) is 23.0 Å². The lowest BCUT2D eigenvalue weighted by Gasteiger charge is -2.43. The molecule has 1 saturated carbocycles. The van der Waals surface area contributed by atoms with Gasteiger partial charge in [-0.1, -0.05) is 0 Å². The van der Waals surface area contributed by atoms with E-state index < -0.39 is 0 Å². The third-order valence-corrected chi connectivity index (χ3v) is 6.19. The van der Waals surface area contributed by atoms with E-state index >= 15 is 0 Å². The zero-order valence-corrected chi connectivity index (χ0v) is 16.2. The fraction of sp³-hybridized carbons (Fsp3) is 0.389. The molecule has 3 aromatic heterocycles. The first-order chi connectivity index (χ1) is 12.5. The van der Waals surface area contributed by atoms with E-state index in [1.165, 1.54) is 11.3 Å². The van der Waals surface area contributed by atoms with Crippen molar-refractivity contribution in [2.75, 3.05) is 10.2 Å². The molecule has 1 fully saturated rings. The number of aliphatic hydroxyl groups is 1. The zero-order chi connectivity index (χ0) is 18.3. The Labute approximate surface area is 159 Å². The minimum Gasteiger partial charge on any atom is -0.393 e. The van der Waals surface area contributed by atoms with Gasteiger partial charge in [0.25, 0.3) is 5.91 Å². The number of carbonyl (C=O) groups excluding carboxylic acids is 1. The predicted molar refractivity (Wildman–Crippen MR) is 106 cm³/mol. The number of hydrogen-bond acceptors (Lipinski definition) is 7. The van der Waals surface area contributed by atoms with Crippen molar-refractivity contribution in [1.82, 2.24) is 9.97 Å². The van der Waals surface area contributed by atoms with Crippen molar-refractivity contribution < 1.29 is 9.90 Å². The molecule has 1 amide bonds. The summed E-state index contributed by atoms with van der Waals surface area (Å²) in [5, 5.41) is 16.3. The Morgan fingerprint density at radius 2 is 2.15 bits per heavy atom. The van der Waals surface area contributed by atoms with Crippen molar-refractivity contribution in [2.45, 2.75) is 44.9 Å². The minimum absolute atomic E-state index is 0.187. The van der Waals surface area contributed by atoms with Crippen LogP contribution in [0.2, 0.25) is 0 Å². The third kappa shape index (κ3) is 3.20. The van der Waals surface area contributed by atoms with Crippen molar-refractivity contribution in [2.24, 2.45) is 0 Å². The monoisotopic (exact) mass is 388 g/mol. The number of nitrogens with zero attached hydrogens (tertiary/aromatic N) is 3. The lowest BCUT2D eigenvalue weighted by Crippen LogP contribution is -2.50. The number of nitrogens with one attached hydrogen (secondary N) is 1. The SMILES string of the molecule is CC(C)N(c1ncsc1NC(=O)c1cnc2sccc2c1)C1CC(O)C1. The van der Waals surface area contributed by atoms with Crippen molar-refractivity contribution >= 4 is 49.6 Å². The Morgan fingerprint density at radius 3 is 2.88 bits per heavy atom. The van der Waals surface area contributed by atoms with E-state index in [0.29, 0.717) is 5.56 Å². The van der Waals surface area contributed by atoms with Gasteiger partial charge in [-0.05, 0) is 44.2 Å². The molecule has 0 spiro atoms. The van der Waals surface area contributed by atoms with E-state index in [0.717, 1.165) is 33.9 Å². The van der Waals surface area contributed by atoms with Crippen LogP contribution in [-0.2, 0) is 0 Å². The second kappa shape index (κ2) is 6.94. The first kappa shape index (κ1) is 17.4. The van der Waals surface area contributed by atoms with Gasteiger partial charge in [0.1, 0.15) is 9.83 Å². The minimum atomic E-state index is -0.235. The molecule has 6 nitrogen and oxygen atoms in total. The van der Waals surface area contributed by atoms with Crippen molar-refractivity contribution in [3.63, 3.8) is 0 Å². The molecular weight excluding hydrogens is 368 g/mol. The molecule has 1 aliphatic carbocycles. The number of amides is 1. The summed E-state index contributed by atoms with van der Waals surface area (Å²) < 4.78 is 0. The molecule has 2 N–H and O–H groups in total. The van der Waals surface area contributed by atoms with Gasteiger partial charge in [0, 0.05) is 23.7 Å². The zero-order valence-electron chi connectivity index (χ0n) is 14.5. The number of rotatable bonds is 5. The van der Waals surface area contributed by atoms with Crippen LogP contribution in [0.1, 0.15) is 37.0 Å². The lowest BCUT2D eigenvalue weighted by molar-refractivity contribution is 0.0710. The maximum absolute atomic E-state index is 12.7. The third-order valence-electron chi connectivity index (χ3n) is 4.63. The van der Waals surface area contributed by atoms with Crippen LogP contribution < -0.4 is 10.2 Å². The van der Waals surface area contributed by atoms with Crippen LogP contribution in [0.25, 0.3) is 10.2 Å². The van der Waals surface area contributed by atoms with Gasteiger partial charge < -0.3 is 15.3 Å². The van der Waals surface area contributed by atoms with Crippen LogP contribution in [0.4, 0.5) is 10.8 Å². The normalized spacial score (nSPS) is 19.5. The molecule has 0 unspecified atom stereocenters. The molecule has 0 saturated heterocycles. The Balaban J connectivity index is 1.57. The van der Waals surface area contributed by atoms with Crippen LogP contribution in [0.5, 0.6) is 0 Å². The standard InChI is InChI=1S/C18H20N4O2S2/c1-10(2)22(13-6-14(23)7-13)15-18(26-9-20-15)21-16(24)12-5-11-3-4-25-17(11)19-8-12/h3-5,8-10,13-14,23H,6-7H2,1-2H3,(H,21,24). The highest BCUT2D eigenvalue weighted by Gasteiger charge is 2.36. The molecule has 1 aliphatic rings. The van der Waals surface area contributed by atoms with Gasteiger partial charge in [-0.3, -0.25) is 4.79 Å². The molecular formula is C18H20N4O2S2. The smallest absolute Gasteiger partial charge is 0.257 e. The Kier molecular flexibility index (Phi) is 4.64. The van der Waals surface area contributed by atoms with Crippen LogP contribution >= 0.6 is 22.7 Å². The van der Waals surface area contributed by atoms with Gasteiger partial charge in [0.15, 0.2) is 5.82 Å². The second-order valence-corrected chi connectivity index (χ2v) is 8.53. The fourth-order valence-corrected chi connectivity index (χ4v) is 4.69. The summed E-state index contributed by atoms with van der Waals surface area (Å²) in [6.45, 7) is 4.20. The van der Waals surface area contributed by atoms with E-state index in [9.17, 15) is 9.90 Å². The number of anilines is 2. The van der Waals surface area contributed by atoms with E-state index in [-0.39, 0.29) is 24.1 Å². The summed E-state index contributed by atoms with van der Waals surface area (Å²) in [4.78, 5) is 24.7. The second-order valence-electron chi connectivity index (χ2n) is 6.78. The number of hydrogen-bond donors (Lipinski definition) is 2. The maximum Gasteiger partial charge on any atom is 0.257 e. The van der Waals surface area contributed by atoms with E-state index in [1.807, 2.05) is 17.5 Å². The first-order valence-corrected chi connectivity index (χ1v) is 10.3. The van der Waals surface area contributed by atoms with Gasteiger partial charge in [0.2, 0.25) is 0 Å². The summed E-state index contributed by atoms with van der Waals surface area (Å²) in [5.41, 5.74) is 2.28. The fourth-order valence-electron chi connectivity index (χ4n) is 3.29. The highest BCUT2D eigenvalue weighted by molar-refractivity contribution is 7.16. The van der Waals surface area contributed by atoms with Gasteiger partial charge in [-0.25, -0.2) is 9.97 Å². The van der Waals surface area contributed by atoms with Crippen LogP contribution in [0.15, 0.2) is 29.2 Å².